The summed E-state index contributed by atoms with van der Waals surface area (Å²) >= 11 is 6.77. The Bertz CT molecular complexity index is 1520. The summed E-state index contributed by atoms with van der Waals surface area (Å²) in [5.74, 6) is -0.336. The van der Waals surface area contributed by atoms with Crippen LogP contribution in [0, 0.1) is 0 Å². The van der Waals surface area contributed by atoms with Gasteiger partial charge in [-0.15, -0.1) is 0 Å². The Hall–Kier alpha value is -3.88. The molecule has 4 aromatic rings. The molecular weight excluding hydrogens is 492 g/mol. The molecule has 0 unspecified atom stereocenters. The van der Waals surface area contributed by atoms with Crippen LogP contribution in [-0.4, -0.2) is 44.8 Å². The molecule has 1 aliphatic heterocycles. The number of fused-ring (bicyclic) bond motifs is 1. The van der Waals surface area contributed by atoms with Crippen LogP contribution in [0.5, 0.6) is 5.75 Å². The van der Waals surface area contributed by atoms with Crippen LogP contribution >= 0.6 is 24.0 Å². The van der Waals surface area contributed by atoms with Crippen molar-refractivity contribution in [1.29, 1.82) is 0 Å². The highest BCUT2D eigenvalue weighted by Crippen LogP contribution is 2.36. The topological polar surface area (TPSA) is 82.6 Å². The fraction of sp³-hybridized carbons (Fsp3) is 0.107. The van der Waals surface area contributed by atoms with Crippen LogP contribution < -0.4 is 4.74 Å². The molecule has 3 aromatic carbocycles. The van der Waals surface area contributed by atoms with E-state index in [4.69, 9.17) is 22.1 Å². The number of amides is 1. The van der Waals surface area contributed by atoms with E-state index >= 15 is 0 Å². The Morgan fingerprint density at radius 3 is 2.67 bits per heavy atom. The number of ether oxygens (including phenoxy) is 1. The predicted molar refractivity (Wildman–Crippen MR) is 147 cm³/mol. The molecule has 0 aliphatic carbocycles. The maximum Gasteiger partial charge on any atom is 0.335 e. The molecule has 8 heteroatoms. The van der Waals surface area contributed by atoms with Crippen LogP contribution in [0.1, 0.15) is 21.5 Å². The molecule has 1 aromatic heterocycles. The van der Waals surface area contributed by atoms with Crippen LogP contribution in [0.3, 0.4) is 0 Å². The first-order valence-corrected chi connectivity index (χ1v) is 12.5. The first-order chi connectivity index (χ1) is 17.4. The van der Waals surface area contributed by atoms with Crippen molar-refractivity contribution in [3.8, 4) is 16.9 Å². The molecule has 0 radical (unpaired) electrons. The summed E-state index contributed by atoms with van der Waals surface area (Å²) < 4.78 is 6.12. The number of carbonyl (C=O) groups is 2. The Morgan fingerprint density at radius 1 is 1.11 bits per heavy atom. The highest BCUT2D eigenvalue weighted by atomic mass is 32.2. The van der Waals surface area contributed by atoms with Gasteiger partial charge in [0.2, 0.25) is 0 Å². The SMILES string of the molecule is COc1ccc(C=C2SC(=S)N(CCc3ccc(C(=O)O)cc3)C2=O)cc1-c1ccc2[nH]ccc2c1. The third-order valence-electron chi connectivity index (χ3n) is 6.08. The van der Waals surface area contributed by atoms with Crippen molar-refractivity contribution in [1.82, 2.24) is 9.88 Å². The first-order valence-electron chi connectivity index (χ1n) is 11.3. The Balaban J connectivity index is 1.36. The number of nitrogens with one attached hydrogen (secondary N) is 1. The summed E-state index contributed by atoms with van der Waals surface area (Å²) in [5, 5.41) is 10.2. The molecule has 5 rings (SSSR count). The van der Waals surface area contributed by atoms with E-state index in [-0.39, 0.29) is 11.5 Å². The van der Waals surface area contributed by atoms with E-state index in [9.17, 15) is 9.59 Å². The van der Waals surface area contributed by atoms with Crippen molar-refractivity contribution >= 4 is 57.2 Å². The van der Waals surface area contributed by atoms with Gasteiger partial charge in [0.1, 0.15) is 10.1 Å². The average Bonchev–Trinajstić information content (AvgIpc) is 3.46. The fourth-order valence-corrected chi connectivity index (χ4v) is 5.47. The minimum Gasteiger partial charge on any atom is -0.496 e. The van der Waals surface area contributed by atoms with E-state index < -0.39 is 5.97 Å². The molecule has 1 aliphatic rings. The lowest BCUT2D eigenvalue weighted by Crippen LogP contribution is -2.30. The molecule has 36 heavy (non-hydrogen) atoms. The fourth-order valence-electron chi connectivity index (χ4n) is 4.16. The van der Waals surface area contributed by atoms with Crippen LogP contribution in [0.15, 0.2) is 77.8 Å². The highest BCUT2D eigenvalue weighted by molar-refractivity contribution is 8.26. The number of benzene rings is 3. The zero-order valence-electron chi connectivity index (χ0n) is 19.4. The van der Waals surface area contributed by atoms with E-state index in [1.54, 1.807) is 36.3 Å². The zero-order chi connectivity index (χ0) is 25.2. The third kappa shape index (κ3) is 4.78. The Morgan fingerprint density at radius 2 is 1.92 bits per heavy atom. The number of aromatic nitrogens is 1. The molecule has 0 saturated carbocycles. The summed E-state index contributed by atoms with van der Waals surface area (Å²) in [4.78, 5) is 29.5. The molecule has 1 fully saturated rings. The molecule has 180 valence electrons. The summed E-state index contributed by atoms with van der Waals surface area (Å²) in [6.07, 6.45) is 4.35. The van der Waals surface area contributed by atoms with Crippen LogP contribution in [0.25, 0.3) is 28.1 Å². The average molecular weight is 515 g/mol. The van der Waals surface area contributed by atoms with Crippen molar-refractivity contribution in [2.45, 2.75) is 6.42 Å². The Labute approximate surface area is 217 Å². The van der Waals surface area contributed by atoms with Crippen molar-refractivity contribution < 1.29 is 19.4 Å². The van der Waals surface area contributed by atoms with Gasteiger partial charge >= 0.3 is 5.97 Å². The summed E-state index contributed by atoms with van der Waals surface area (Å²) in [6.45, 7) is 0.430. The quantitative estimate of drug-likeness (QED) is 0.233. The minimum atomic E-state index is -0.963. The number of thiocarbonyl (C=S) groups is 1. The lowest BCUT2D eigenvalue weighted by atomic mass is 10.0. The van der Waals surface area contributed by atoms with Crippen LogP contribution in [0.2, 0.25) is 0 Å². The van der Waals surface area contributed by atoms with Crippen molar-refractivity contribution in [3.63, 3.8) is 0 Å². The summed E-state index contributed by atoms with van der Waals surface area (Å²) in [7, 11) is 1.65. The lowest BCUT2D eigenvalue weighted by Gasteiger charge is -2.14. The van der Waals surface area contributed by atoms with Gasteiger partial charge in [-0.2, -0.15) is 0 Å². The lowest BCUT2D eigenvalue weighted by molar-refractivity contribution is -0.122. The number of hydrogen-bond donors (Lipinski definition) is 2. The standard InChI is InChI=1S/C28H22N2O4S2/c1-34-24-9-4-18(14-22(24)20-7-8-23-21(16-20)10-12-29-23)15-25-26(31)30(28(35)36-25)13-11-17-2-5-19(6-3-17)27(32)33/h2-10,12,14-16,29H,11,13H2,1H3,(H,32,33). The van der Waals surface area contributed by atoms with Crippen LogP contribution in [-0.2, 0) is 11.2 Å². The second-order valence-electron chi connectivity index (χ2n) is 8.32. The summed E-state index contributed by atoms with van der Waals surface area (Å²) in [5.41, 5.74) is 5.08. The molecule has 0 bridgehead atoms. The second kappa shape index (κ2) is 10.0. The Kier molecular flexibility index (Phi) is 6.63. The second-order valence-corrected chi connectivity index (χ2v) is 10.0. The molecule has 2 N–H and O–H groups in total. The summed E-state index contributed by atoms with van der Waals surface area (Å²) in [6, 6.07) is 20.7. The molecule has 0 spiro atoms. The number of H-pyrrole nitrogens is 1. The monoisotopic (exact) mass is 514 g/mol. The van der Waals surface area contributed by atoms with Gasteiger partial charge in [-0.1, -0.05) is 48.2 Å². The molecule has 6 nitrogen and oxygen atoms in total. The van der Waals surface area contributed by atoms with E-state index in [0.29, 0.717) is 22.2 Å². The minimum absolute atomic E-state index is 0.127. The third-order valence-corrected chi connectivity index (χ3v) is 7.46. The van der Waals surface area contributed by atoms with E-state index in [0.717, 1.165) is 38.9 Å². The highest BCUT2D eigenvalue weighted by Gasteiger charge is 2.31. The van der Waals surface area contributed by atoms with Gasteiger partial charge in [-0.05, 0) is 77.0 Å². The molecule has 0 atom stereocenters. The number of aromatic carboxylic acids is 1. The van der Waals surface area contributed by atoms with Crippen LogP contribution in [0.4, 0.5) is 0 Å². The van der Waals surface area contributed by atoms with Crippen molar-refractivity contribution in [2.24, 2.45) is 0 Å². The van der Waals surface area contributed by atoms with Crippen molar-refractivity contribution in [2.75, 3.05) is 13.7 Å². The number of thioether (sulfide) groups is 1. The zero-order valence-corrected chi connectivity index (χ0v) is 21.0. The maximum absolute atomic E-state index is 13.1. The first kappa shape index (κ1) is 23.8. The number of hydrogen-bond acceptors (Lipinski definition) is 5. The van der Waals surface area contributed by atoms with Crippen molar-refractivity contribution in [3.05, 3.63) is 94.5 Å². The van der Waals surface area contributed by atoms with Gasteiger partial charge in [0.05, 0.1) is 17.6 Å². The van der Waals surface area contributed by atoms with E-state index in [2.05, 4.69) is 11.1 Å². The maximum atomic E-state index is 13.1. The predicted octanol–water partition coefficient (Wildman–Crippen LogP) is 5.99. The molecular formula is C28H22N2O4S2. The number of rotatable bonds is 7. The largest absolute Gasteiger partial charge is 0.496 e. The van der Waals surface area contributed by atoms with Gasteiger partial charge in [0, 0.05) is 23.8 Å². The molecule has 1 saturated heterocycles. The normalized spacial score (nSPS) is 14.7. The van der Waals surface area contributed by atoms with E-state index in [1.165, 1.54) is 11.8 Å². The van der Waals surface area contributed by atoms with Gasteiger partial charge in [0.25, 0.3) is 5.91 Å². The smallest absolute Gasteiger partial charge is 0.335 e. The van der Waals surface area contributed by atoms with Gasteiger partial charge in [0.15, 0.2) is 0 Å². The number of aromatic amines is 1. The molecule has 2 heterocycles. The number of methoxy groups -OCH3 is 1. The number of carbonyl (C=O) groups excluding carboxylic acids is 1. The number of nitrogens with zero attached hydrogens (tertiary/aromatic N) is 1. The number of carboxylic acids is 1. The molecule has 1 amide bonds. The van der Waals surface area contributed by atoms with Gasteiger partial charge in [-0.3, -0.25) is 9.69 Å². The van der Waals surface area contributed by atoms with Gasteiger partial charge < -0.3 is 14.8 Å². The van der Waals surface area contributed by atoms with E-state index in [1.807, 2.05) is 48.7 Å². The number of carboxylic acid groups (broad SMARTS) is 1. The van der Waals surface area contributed by atoms with Gasteiger partial charge in [-0.25, -0.2) is 4.79 Å².